The molecule has 0 bridgehead atoms. The minimum Gasteiger partial charge on any atom is -0.435 e. The van der Waals surface area contributed by atoms with Gasteiger partial charge in [-0.1, -0.05) is 309 Å². The van der Waals surface area contributed by atoms with Crippen molar-refractivity contribution < 1.29 is 8.83 Å². The molecular formula is C96H66N4O2. The van der Waals surface area contributed by atoms with Gasteiger partial charge in [-0.05, 0) is 156 Å². The second-order valence-corrected chi connectivity index (χ2v) is 26.3. The summed E-state index contributed by atoms with van der Waals surface area (Å²) in [6, 6.07) is 118. The first-order chi connectivity index (χ1) is 50.5. The van der Waals surface area contributed by atoms with Crippen LogP contribution in [0.25, 0.3) is 145 Å². The van der Waals surface area contributed by atoms with Gasteiger partial charge in [0.05, 0.1) is 17.1 Å². The molecule has 0 saturated carbocycles. The van der Waals surface area contributed by atoms with Gasteiger partial charge >= 0.3 is 0 Å². The fourth-order valence-corrected chi connectivity index (χ4v) is 14.5. The molecule has 6 nitrogen and oxygen atoms in total. The Kier molecular flexibility index (Phi) is 16.2. The van der Waals surface area contributed by atoms with E-state index in [-0.39, 0.29) is 5.92 Å². The van der Waals surface area contributed by atoms with Crippen molar-refractivity contribution in [1.82, 2.24) is 15.0 Å². The minimum atomic E-state index is 0.0131. The van der Waals surface area contributed by atoms with Crippen LogP contribution in [-0.2, 0) is 0 Å². The van der Waals surface area contributed by atoms with Crippen LogP contribution in [0.5, 0.6) is 0 Å². The maximum Gasteiger partial charge on any atom is 0.227 e. The van der Waals surface area contributed by atoms with Crippen LogP contribution in [0.15, 0.2) is 378 Å². The quantitative estimate of drug-likeness (QED) is 0.102. The van der Waals surface area contributed by atoms with E-state index in [0.29, 0.717) is 17.7 Å². The van der Waals surface area contributed by atoms with Crippen LogP contribution in [-0.4, -0.2) is 20.7 Å². The molecule has 0 N–H and O–H groups in total. The van der Waals surface area contributed by atoms with Crippen molar-refractivity contribution in [2.75, 3.05) is 0 Å². The van der Waals surface area contributed by atoms with E-state index >= 15 is 0 Å². The smallest absolute Gasteiger partial charge is 0.227 e. The molecule has 18 rings (SSSR count). The lowest BCUT2D eigenvalue weighted by Crippen LogP contribution is -2.17. The molecule has 4 heterocycles. The third kappa shape index (κ3) is 12.1. The molecule has 0 saturated heterocycles. The van der Waals surface area contributed by atoms with Crippen LogP contribution in [0.2, 0.25) is 0 Å². The van der Waals surface area contributed by atoms with Crippen molar-refractivity contribution in [3.05, 3.63) is 392 Å². The van der Waals surface area contributed by atoms with Gasteiger partial charge in [-0.3, -0.25) is 9.98 Å². The predicted molar refractivity (Wildman–Crippen MR) is 419 cm³/mol. The SMILES string of the molecule is C1=CC(c2ccccc2)CC=C1c1ccc(-c2ccc(-c3ccccc3)cc2)c2oc(-c3ccc(-c4ccc(C5=NC(c6ccccn6)=CCC5c5ccc(-c6ccc(-c7nc8c(-c9ccc(-c%10ccccc%10)cc9)ccc(-c9ccc(-c%10ccccc%10)cc9)c8o7)cc6)cc5)cc4)cc3)nc12. The van der Waals surface area contributed by atoms with Gasteiger partial charge in [0.15, 0.2) is 11.2 Å². The summed E-state index contributed by atoms with van der Waals surface area (Å²) in [5.41, 5.74) is 31.2. The molecule has 0 radical (unpaired) electrons. The van der Waals surface area contributed by atoms with Gasteiger partial charge in [0.2, 0.25) is 11.8 Å². The molecule has 2 atom stereocenters. The van der Waals surface area contributed by atoms with Gasteiger partial charge in [0.1, 0.15) is 11.0 Å². The van der Waals surface area contributed by atoms with Gasteiger partial charge < -0.3 is 8.83 Å². The molecule has 0 fully saturated rings. The molecule has 482 valence electrons. The number of nitrogens with zero attached hydrogens (tertiary/aromatic N) is 4. The Bertz CT molecular complexity index is 5700. The first-order valence-electron chi connectivity index (χ1n) is 34.9. The Morgan fingerprint density at radius 3 is 1.10 bits per heavy atom. The topological polar surface area (TPSA) is 77.3 Å². The van der Waals surface area contributed by atoms with Crippen LogP contribution < -0.4 is 0 Å². The molecule has 102 heavy (non-hydrogen) atoms. The Morgan fingerprint density at radius 2 is 0.657 bits per heavy atom. The average molecular weight is 1310 g/mol. The third-order valence-electron chi connectivity index (χ3n) is 20.1. The van der Waals surface area contributed by atoms with Gasteiger partial charge in [-0.15, -0.1) is 0 Å². The zero-order chi connectivity index (χ0) is 67.7. The summed E-state index contributed by atoms with van der Waals surface area (Å²) in [6.07, 6.45) is 12.7. The van der Waals surface area contributed by atoms with E-state index in [2.05, 4.69) is 328 Å². The number of hydrogen-bond donors (Lipinski definition) is 0. The lowest BCUT2D eigenvalue weighted by atomic mass is 9.84. The number of aromatic nitrogens is 3. The lowest BCUT2D eigenvalue weighted by molar-refractivity contribution is 0.620. The van der Waals surface area contributed by atoms with Gasteiger partial charge in [0.25, 0.3) is 0 Å². The van der Waals surface area contributed by atoms with Crippen LogP contribution in [0.1, 0.15) is 52.6 Å². The summed E-state index contributed by atoms with van der Waals surface area (Å²) < 4.78 is 13.8. The largest absolute Gasteiger partial charge is 0.435 e. The Hall–Kier alpha value is -13.2. The molecular weight excluding hydrogens is 1240 g/mol. The fourth-order valence-electron chi connectivity index (χ4n) is 14.5. The molecule has 1 aliphatic heterocycles. The van der Waals surface area contributed by atoms with Crippen molar-refractivity contribution in [2.24, 2.45) is 4.99 Å². The number of allylic oxidation sites excluding steroid dienone is 5. The van der Waals surface area contributed by atoms with Gasteiger partial charge in [-0.2, -0.15) is 0 Å². The van der Waals surface area contributed by atoms with E-state index in [1.165, 1.54) is 33.4 Å². The summed E-state index contributed by atoms with van der Waals surface area (Å²) in [7, 11) is 0. The Labute approximate surface area is 593 Å². The molecule has 16 aromatic rings. The van der Waals surface area contributed by atoms with Crippen molar-refractivity contribution >= 4 is 39.2 Å². The normalized spacial score (nSPS) is 14.3. The molecule has 0 spiro atoms. The van der Waals surface area contributed by atoms with E-state index in [0.717, 1.165) is 147 Å². The van der Waals surface area contributed by atoms with Crippen LogP contribution in [0.4, 0.5) is 0 Å². The van der Waals surface area contributed by atoms with Crippen LogP contribution in [0.3, 0.4) is 0 Å². The molecule has 1 aliphatic carbocycles. The first kappa shape index (κ1) is 61.2. The summed E-state index contributed by atoms with van der Waals surface area (Å²) in [4.78, 5) is 20.8. The number of fused-ring (bicyclic) bond motifs is 2. The van der Waals surface area contributed by atoms with E-state index in [9.17, 15) is 0 Å². The lowest BCUT2D eigenvalue weighted by Gasteiger charge is -2.24. The predicted octanol–water partition coefficient (Wildman–Crippen LogP) is 25.2. The van der Waals surface area contributed by atoms with Crippen molar-refractivity contribution in [1.29, 1.82) is 0 Å². The standard InChI is InChI=1S/C96H66N4O2/c1-5-15-63(16-6-1)67-24-42-76(43-25-67)84-56-58-86(78-46-30-69(31-47-78)65-19-9-3-10-20-65)93-91(84)99-95(101-93)81-52-36-73(37-53-81)71-28-40-75(41-29-71)83-60-61-89(88-23-13-14-62-97-88)98-90(83)80-50-34-72(35-51-80)74-38-54-82(55-39-74)96-100-92-85(77-44-26-68(27-45-77)64-17-7-2-8-18-64)57-59-87(94(92)102-96)79-48-32-70(33-49-79)66-21-11-4-12-22-66/h1-26,28-59,61-62,68,83H,27,60H2. The highest BCUT2D eigenvalue weighted by atomic mass is 16.4. The molecule has 0 amide bonds. The number of hydrogen-bond acceptors (Lipinski definition) is 6. The van der Waals surface area contributed by atoms with Crippen molar-refractivity contribution in [2.45, 2.75) is 24.7 Å². The summed E-state index contributed by atoms with van der Waals surface area (Å²) in [6.45, 7) is 0. The Balaban J connectivity index is 0.613. The highest BCUT2D eigenvalue weighted by molar-refractivity contribution is 6.09. The maximum atomic E-state index is 6.91. The first-order valence-corrected chi connectivity index (χ1v) is 34.9. The summed E-state index contributed by atoms with van der Waals surface area (Å²) >= 11 is 0. The van der Waals surface area contributed by atoms with Gasteiger partial charge in [-0.25, -0.2) is 9.97 Å². The number of oxazole rings is 2. The highest BCUT2D eigenvalue weighted by Gasteiger charge is 2.26. The van der Waals surface area contributed by atoms with E-state index in [1.54, 1.807) is 0 Å². The number of rotatable bonds is 15. The highest BCUT2D eigenvalue weighted by Crippen LogP contribution is 2.44. The second-order valence-electron chi connectivity index (χ2n) is 26.3. The molecule has 3 aromatic heterocycles. The van der Waals surface area contributed by atoms with Crippen molar-refractivity contribution in [3.8, 4) is 112 Å². The summed E-state index contributed by atoms with van der Waals surface area (Å²) in [5.74, 6) is 1.49. The zero-order valence-electron chi connectivity index (χ0n) is 55.8. The van der Waals surface area contributed by atoms with Crippen LogP contribution >= 0.6 is 0 Å². The van der Waals surface area contributed by atoms with Crippen molar-refractivity contribution in [3.63, 3.8) is 0 Å². The maximum absolute atomic E-state index is 6.91. The second kappa shape index (κ2) is 26.9. The molecule has 6 heteroatoms. The molecule has 13 aromatic carbocycles. The monoisotopic (exact) mass is 1310 g/mol. The van der Waals surface area contributed by atoms with E-state index < -0.39 is 0 Å². The molecule has 2 unspecified atom stereocenters. The molecule has 2 aliphatic rings. The van der Waals surface area contributed by atoms with E-state index in [4.69, 9.17) is 28.8 Å². The number of pyridine rings is 1. The van der Waals surface area contributed by atoms with E-state index in [1.807, 2.05) is 36.5 Å². The fraction of sp³-hybridized carbons (Fsp3) is 0.0417. The third-order valence-corrected chi connectivity index (χ3v) is 20.1. The van der Waals surface area contributed by atoms with Gasteiger partial charge in [0, 0.05) is 51.4 Å². The zero-order valence-corrected chi connectivity index (χ0v) is 55.8. The van der Waals surface area contributed by atoms with Crippen LogP contribution in [0, 0.1) is 0 Å². The summed E-state index contributed by atoms with van der Waals surface area (Å²) in [5, 5.41) is 0. The number of benzene rings is 13. The average Bonchev–Trinajstić information content (AvgIpc) is 1.57. The minimum absolute atomic E-state index is 0.0131. The Morgan fingerprint density at radius 1 is 0.284 bits per heavy atom. The number of aliphatic imine (C=N–C) groups is 1.